The maximum absolute atomic E-state index is 11.6. The topological polar surface area (TPSA) is 105 Å². The highest BCUT2D eigenvalue weighted by Crippen LogP contribution is 2.39. The zero-order valence-corrected chi connectivity index (χ0v) is 32.0. The van der Waals surface area contributed by atoms with Crippen LogP contribution in [0.3, 0.4) is 0 Å². The third-order valence-electron chi connectivity index (χ3n) is 8.97. The van der Waals surface area contributed by atoms with Crippen LogP contribution in [-0.4, -0.2) is 62.3 Å². The molecule has 2 heterocycles. The van der Waals surface area contributed by atoms with Crippen molar-refractivity contribution in [2.45, 2.75) is 111 Å². The Hall–Kier alpha value is -1.82. The fraction of sp³-hybridized carbons (Fsp3) is 0.636. The van der Waals surface area contributed by atoms with Crippen LogP contribution in [0.1, 0.15) is 70.7 Å². The van der Waals surface area contributed by atoms with Gasteiger partial charge in [0.1, 0.15) is 25.0 Å². The Morgan fingerprint density at radius 1 is 0.830 bits per heavy atom. The molecule has 2 aromatic carbocycles. The standard InChI is InChI=1S/C33H50N2O9P2Si/c1-31(2,3)47(8,9)42-21-28(35(23-41-46-37)17-25-13-11-15-27-20-39-33(6,7)44-30(25)27)18-34(22-40-45-36)16-24-12-10-14-26-19-38-32(4,5)43-29(24)26/h10-15,28H,16-23H2,1-9H3. The summed E-state index contributed by atoms with van der Waals surface area (Å²) < 4.78 is 65.3. The van der Waals surface area contributed by atoms with Crippen LogP contribution in [0.25, 0.3) is 0 Å². The summed E-state index contributed by atoms with van der Waals surface area (Å²) in [5.41, 5.74) is 3.84. The lowest BCUT2D eigenvalue weighted by Gasteiger charge is -2.41. The second kappa shape index (κ2) is 15.8. The van der Waals surface area contributed by atoms with Crippen molar-refractivity contribution >= 4 is 25.7 Å². The molecule has 11 nitrogen and oxygen atoms in total. The fourth-order valence-corrected chi connectivity index (χ4v) is 6.71. The van der Waals surface area contributed by atoms with Crippen molar-refractivity contribution in [2.75, 3.05) is 26.6 Å². The molecule has 4 rings (SSSR count). The van der Waals surface area contributed by atoms with Crippen molar-refractivity contribution < 1.29 is 41.6 Å². The first-order chi connectivity index (χ1) is 22.0. The summed E-state index contributed by atoms with van der Waals surface area (Å²) in [6, 6.07) is 11.8. The van der Waals surface area contributed by atoms with Gasteiger partial charge < -0.3 is 23.4 Å². The van der Waals surface area contributed by atoms with Crippen molar-refractivity contribution in [1.82, 2.24) is 9.80 Å². The lowest BCUT2D eigenvalue weighted by atomic mass is 10.1. The molecule has 0 bridgehead atoms. The molecular weight excluding hydrogens is 658 g/mol. The summed E-state index contributed by atoms with van der Waals surface area (Å²) in [5.74, 6) is 0.0247. The molecule has 1 atom stereocenters. The normalized spacial score (nSPS) is 18.1. The Morgan fingerprint density at radius 2 is 1.34 bits per heavy atom. The third-order valence-corrected chi connectivity index (χ3v) is 13.9. The number of para-hydroxylation sites is 2. The van der Waals surface area contributed by atoms with E-state index in [1.54, 1.807) is 0 Å². The van der Waals surface area contributed by atoms with Gasteiger partial charge in [-0.2, -0.15) is 0 Å². The third kappa shape index (κ3) is 10.3. The second-order valence-corrected chi connectivity index (χ2v) is 20.2. The summed E-state index contributed by atoms with van der Waals surface area (Å²) in [4.78, 5) is 4.18. The largest absolute Gasteiger partial charge is 0.462 e. The zero-order chi connectivity index (χ0) is 34.5. The molecular formula is C33H50N2O9P2Si. The molecule has 0 amide bonds. The molecule has 1 unspecified atom stereocenters. The van der Waals surface area contributed by atoms with E-state index in [9.17, 15) is 9.13 Å². The molecule has 0 fully saturated rings. The first-order valence-corrected chi connectivity index (χ1v) is 20.3. The Bertz CT molecular complexity index is 1390. The molecule has 47 heavy (non-hydrogen) atoms. The minimum Gasteiger partial charge on any atom is -0.462 e. The van der Waals surface area contributed by atoms with Gasteiger partial charge in [0, 0.05) is 75.6 Å². The number of ether oxygens (including phenoxy) is 4. The van der Waals surface area contributed by atoms with E-state index in [4.69, 9.17) is 32.4 Å². The summed E-state index contributed by atoms with van der Waals surface area (Å²) in [5, 5.41) is -0.00993. The zero-order valence-electron chi connectivity index (χ0n) is 29.2. The molecule has 260 valence electrons. The molecule has 0 N–H and O–H groups in total. The maximum atomic E-state index is 11.6. The van der Waals surface area contributed by atoms with Crippen LogP contribution in [0.5, 0.6) is 11.5 Å². The van der Waals surface area contributed by atoms with Crippen molar-refractivity contribution in [3.05, 3.63) is 58.7 Å². The van der Waals surface area contributed by atoms with E-state index < -0.39 is 37.3 Å². The quantitative estimate of drug-likeness (QED) is 0.0962. The Labute approximate surface area is 283 Å². The number of fused-ring (bicyclic) bond motifs is 2. The van der Waals surface area contributed by atoms with Crippen LogP contribution in [-0.2, 0) is 58.4 Å². The highest BCUT2D eigenvalue weighted by Gasteiger charge is 2.39. The van der Waals surface area contributed by atoms with Gasteiger partial charge in [0.05, 0.1) is 19.8 Å². The van der Waals surface area contributed by atoms with Gasteiger partial charge in [-0.15, -0.1) is 0 Å². The molecule has 0 aliphatic carbocycles. The van der Waals surface area contributed by atoms with Crippen molar-refractivity contribution in [1.29, 1.82) is 0 Å². The van der Waals surface area contributed by atoms with E-state index in [0.29, 0.717) is 39.5 Å². The Kier molecular flexibility index (Phi) is 12.8. The van der Waals surface area contributed by atoms with E-state index in [1.165, 1.54) is 0 Å². The minimum atomic E-state index is -2.17. The van der Waals surface area contributed by atoms with Gasteiger partial charge in [-0.3, -0.25) is 18.8 Å². The number of nitrogens with zero attached hydrogens (tertiary/aromatic N) is 2. The lowest BCUT2D eigenvalue weighted by molar-refractivity contribution is -0.181. The van der Waals surface area contributed by atoms with Gasteiger partial charge >= 0.3 is 17.4 Å². The van der Waals surface area contributed by atoms with E-state index in [0.717, 1.165) is 33.8 Å². The Balaban J connectivity index is 1.69. The van der Waals surface area contributed by atoms with Gasteiger partial charge in [-0.25, -0.2) is 9.13 Å². The minimum absolute atomic E-state index is 0.00993. The number of hydrogen-bond acceptors (Lipinski definition) is 11. The predicted molar refractivity (Wildman–Crippen MR) is 182 cm³/mol. The Morgan fingerprint density at radius 3 is 1.85 bits per heavy atom. The summed E-state index contributed by atoms with van der Waals surface area (Å²) >= 11 is 0. The molecule has 2 aromatic rings. The molecule has 14 heteroatoms. The van der Waals surface area contributed by atoms with Gasteiger partial charge in [0.25, 0.3) is 0 Å². The van der Waals surface area contributed by atoms with Crippen LogP contribution in [0.4, 0.5) is 0 Å². The van der Waals surface area contributed by atoms with Crippen LogP contribution in [0.2, 0.25) is 18.1 Å². The van der Waals surface area contributed by atoms with Gasteiger partial charge in [-0.05, 0) is 18.1 Å². The van der Waals surface area contributed by atoms with Crippen molar-refractivity contribution in [3.8, 4) is 11.5 Å². The summed E-state index contributed by atoms with van der Waals surface area (Å²) in [6.07, 6.45) is 0. The predicted octanol–water partition coefficient (Wildman–Crippen LogP) is 8.03. The van der Waals surface area contributed by atoms with Crippen LogP contribution >= 0.6 is 17.4 Å². The number of hydrogen-bond donors (Lipinski definition) is 0. The van der Waals surface area contributed by atoms with Crippen molar-refractivity contribution in [2.24, 2.45) is 0 Å². The van der Waals surface area contributed by atoms with E-state index in [1.807, 2.05) is 64.1 Å². The first-order valence-electron chi connectivity index (χ1n) is 15.9. The molecule has 2 aliphatic heterocycles. The smallest absolute Gasteiger partial charge is 0.328 e. The monoisotopic (exact) mass is 708 g/mol. The maximum Gasteiger partial charge on any atom is 0.328 e. The molecule has 0 aromatic heterocycles. The van der Waals surface area contributed by atoms with Crippen LogP contribution < -0.4 is 9.47 Å². The summed E-state index contributed by atoms with van der Waals surface area (Å²) in [6.45, 7) is 21.4. The molecule has 0 saturated heterocycles. The highest BCUT2D eigenvalue weighted by molar-refractivity contribution is 7.17. The number of benzene rings is 2. The number of rotatable bonds is 16. The van der Waals surface area contributed by atoms with Gasteiger partial charge in [-0.1, -0.05) is 57.2 Å². The lowest BCUT2D eigenvalue weighted by Crippen LogP contribution is -2.51. The molecule has 0 saturated carbocycles. The average Bonchev–Trinajstić information content (AvgIpc) is 2.99. The molecule has 2 aliphatic rings. The van der Waals surface area contributed by atoms with Crippen LogP contribution in [0.15, 0.2) is 36.4 Å². The highest BCUT2D eigenvalue weighted by atomic mass is 31.1. The first kappa shape index (κ1) is 38.0. The SMILES string of the molecule is CC1(C)OCc2cccc(CN(COP=O)CC(CO[Si](C)(C)C(C)(C)C)N(COP=O)Cc3cccc4c3OC(C)(C)OC4)c2O1. The summed E-state index contributed by atoms with van der Waals surface area (Å²) in [7, 11) is -3.01. The fourth-order valence-electron chi connectivity index (χ4n) is 5.27. The van der Waals surface area contributed by atoms with E-state index in [-0.39, 0.29) is 24.5 Å². The second-order valence-electron chi connectivity index (χ2n) is 14.5. The van der Waals surface area contributed by atoms with Gasteiger partial charge in [0.2, 0.25) is 11.6 Å². The van der Waals surface area contributed by atoms with Gasteiger partial charge in [0.15, 0.2) is 8.32 Å². The van der Waals surface area contributed by atoms with Crippen LogP contribution in [0, 0.1) is 0 Å². The van der Waals surface area contributed by atoms with E-state index >= 15 is 0 Å². The molecule has 0 spiro atoms. The molecule has 0 radical (unpaired) electrons. The van der Waals surface area contributed by atoms with E-state index in [2.05, 4.69) is 43.7 Å². The average molecular weight is 709 g/mol. The van der Waals surface area contributed by atoms with Crippen molar-refractivity contribution in [3.63, 3.8) is 0 Å².